The summed E-state index contributed by atoms with van der Waals surface area (Å²) < 4.78 is 33.1. The van der Waals surface area contributed by atoms with Crippen LogP contribution in [0.1, 0.15) is 35.9 Å². The van der Waals surface area contributed by atoms with Crippen LogP contribution < -0.4 is 10.9 Å². The minimum absolute atomic E-state index is 0.0448. The molecular formula is C22H24ClN3O5S3. The van der Waals surface area contributed by atoms with Crippen LogP contribution >= 0.6 is 34.3 Å². The number of pyridine rings is 1. The van der Waals surface area contributed by atoms with Gasteiger partial charge in [0.05, 0.1) is 16.8 Å². The Kier molecular flexibility index (Phi) is 7.88. The molecule has 0 spiro atoms. The number of rotatable bonds is 8. The van der Waals surface area contributed by atoms with E-state index in [-0.39, 0.29) is 16.6 Å². The normalized spacial score (nSPS) is 15.8. The van der Waals surface area contributed by atoms with Gasteiger partial charge in [0.25, 0.3) is 5.56 Å². The maximum atomic E-state index is 13.3. The summed E-state index contributed by atoms with van der Waals surface area (Å²) in [5.74, 6) is -0.375. The monoisotopic (exact) mass is 541 g/mol. The van der Waals surface area contributed by atoms with Crippen molar-refractivity contribution in [1.29, 1.82) is 0 Å². The number of sulfone groups is 1. The zero-order valence-electron chi connectivity index (χ0n) is 18.4. The predicted octanol–water partition coefficient (Wildman–Crippen LogP) is 4.30. The highest BCUT2D eigenvalue weighted by Gasteiger charge is 2.29. The van der Waals surface area contributed by atoms with Crippen molar-refractivity contribution in [3.63, 3.8) is 0 Å². The molecule has 34 heavy (non-hydrogen) atoms. The number of amides is 1. The van der Waals surface area contributed by atoms with Gasteiger partial charge in [-0.3, -0.25) is 9.59 Å². The number of thiazole rings is 1. The molecule has 4 rings (SSSR count). The van der Waals surface area contributed by atoms with Crippen molar-refractivity contribution in [3.05, 3.63) is 61.1 Å². The number of ether oxygens (including phenoxy) is 1. The summed E-state index contributed by atoms with van der Waals surface area (Å²) in [5.41, 5.74) is -0.129. The van der Waals surface area contributed by atoms with E-state index in [1.54, 1.807) is 19.1 Å². The molecule has 3 aromatic rings. The molecule has 0 aliphatic carbocycles. The van der Waals surface area contributed by atoms with E-state index in [9.17, 15) is 18.0 Å². The molecule has 1 saturated heterocycles. The third-order valence-electron chi connectivity index (χ3n) is 5.73. The topological polar surface area (TPSA) is 107 Å². The van der Waals surface area contributed by atoms with E-state index in [4.69, 9.17) is 16.3 Å². The SMILES string of the molecule is Cc1cc(S(=O)(=O)Cc2cccs2)cc(=O)n1C(CC1CCOCC1)C(=O)Nc1ncc(Cl)s1. The summed E-state index contributed by atoms with van der Waals surface area (Å²) in [6.07, 6.45) is 3.44. The number of carbonyl (C=O) groups excluding carboxylic acids is 1. The molecule has 182 valence electrons. The largest absolute Gasteiger partial charge is 0.381 e. The van der Waals surface area contributed by atoms with Gasteiger partial charge >= 0.3 is 0 Å². The molecule has 8 nitrogen and oxygen atoms in total. The minimum Gasteiger partial charge on any atom is -0.381 e. The van der Waals surface area contributed by atoms with Crippen LogP contribution in [0.25, 0.3) is 0 Å². The van der Waals surface area contributed by atoms with E-state index < -0.39 is 27.3 Å². The van der Waals surface area contributed by atoms with E-state index in [2.05, 4.69) is 10.3 Å². The Morgan fingerprint density at radius 1 is 1.35 bits per heavy atom. The summed E-state index contributed by atoms with van der Waals surface area (Å²) in [4.78, 5) is 31.2. The lowest BCUT2D eigenvalue weighted by Gasteiger charge is -2.28. The highest BCUT2D eigenvalue weighted by Crippen LogP contribution is 2.29. The molecule has 0 saturated carbocycles. The fourth-order valence-corrected chi connectivity index (χ4v) is 7.36. The van der Waals surface area contributed by atoms with Gasteiger partial charge in [-0.2, -0.15) is 0 Å². The van der Waals surface area contributed by atoms with Crippen LogP contribution in [0.5, 0.6) is 0 Å². The number of nitrogens with one attached hydrogen (secondary N) is 1. The Labute approximate surface area is 210 Å². The molecule has 1 unspecified atom stereocenters. The number of nitrogens with zero attached hydrogens (tertiary/aromatic N) is 2. The lowest BCUT2D eigenvalue weighted by molar-refractivity contribution is -0.120. The number of anilines is 1. The van der Waals surface area contributed by atoms with Crippen molar-refractivity contribution in [1.82, 2.24) is 9.55 Å². The van der Waals surface area contributed by atoms with Crippen molar-refractivity contribution in [2.45, 2.75) is 42.9 Å². The van der Waals surface area contributed by atoms with Gasteiger partial charge in [-0.1, -0.05) is 29.0 Å². The quantitative estimate of drug-likeness (QED) is 0.455. The first kappa shape index (κ1) is 25.1. The zero-order valence-corrected chi connectivity index (χ0v) is 21.6. The van der Waals surface area contributed by atoms with E-state index >= 15 is 0 Å². The first-order valence-electron chi connectivity index (χ1n) is 10.7. The number of hydrogen-bond donors (Lipinski definition) is 1. The lowest BCUT2D eigenvalue weighted by atomic mass is 9.91. The summed E-state index contributed by atoms with van der Waals surface area (Å²) in [7, 11) is -3.71. The maximum absolute atomic E-state index is 13.3. The molecule has 12 heteroatoms. The van der Waals surface area contributed by atoms with Gasteiger partial charge < -0.3 is 14.6 Å². The summed E-state index contributed by atoms with van der Waals surface area (Å²) in [5, 5.41) is 4.91. The fraction of sp³-hybridized carbons (Fsp3) is 0.409. The first-order valence-corrected chi connectivity index (χ1v) is 14.4. The molecule has 0 bridgehead atoms. The van der Waals surface area contributed by atoms with Crippen molar-refractivity contribution in [3.8, 4) is 0 Å². The Morgan fingerprint density at radius 2 is 2.12 bits per heavy atom. The summed E-state index contributed by atoms with van der Waals surface area (Å²) in [6, 6.07) is 5.28. The first-order chi connectivity index (χ1) is 16.2. The Bertz CT molecular complexity index is 1310. The highest BCUT2D eigenvalue weighted by atomic mass is 35.5. The molecule has 3 aromatic heterocycles. The fourth-order valence-electron chi connectivity index (χ4n) is 4.05. The molecule has 1 aliphatic heterocycles. The van der Waals surface area contributed by atoms with Crippen LogP contribution in [-0.2, 0) is 25.1 Å². The maximum Gasteiger partial charge on any atom is 0.252 e. The van der Waals surface area contributed by atoms with Gasteiger partial charge in [0.1, 0.15) is 10.4 Å². The van der Waals surface area contributed by atoms with Crippen LogP contribution in [0.2, 0.25) is 4.34 Å². The molecule has 4 heterocycles. The minimum atomic E-state index is -3.71. The Morgan fingerprint density at radius 3 is 2.74 bits per heavy atom. The van der Waals surface area contributed by atoms with E-state index in [1.807, 2.05) is 5.38 Å². The van der Waals surface area contributed by atoms with Gasteiger partial charge in [-0.05, 0) is 49.6 Å². The Balaban J connectivity index is 1.66. The molecule has 0 aromatic carbocycles. The van der Waals surface area contributed by atoms with Crippen LogP contribution in [0, 0.1) is 12.8 Å². The van der Waals surface area contributed by atoms with E-state index in [1.165, 1.54) is 28.2 Å². The molecule has 1 aliphatic rings. The average molecular weight is 542 g/mol. The van der Waals surface area contributed by atoms with Gasteiger partial charge in [0.15, 0.2) is 15.0 Å². The number of halogens is 1. The average Bonchev–Trinajstić information content (AvgIpc) is 3.44. The van der Waals surface area contributed by atoms with Crippen molar-refractivity contribution >= 4 is 55.2 Å². The standard InChI is InChI=1S/C22H24ClN3O5S3/c1-14-9-17(34(29,30)13-16-3-2-8-32-16)11-20(27)26(14)18(10-15-4-6-31-7-5-15)21(28)25-22-24-12-19(23)33-22/h2-3,8-9,11-12,15,18H,4-7,10,13H2,1H3,(H,24,25,28). The number of hydrogen-bond acceptors (Lipinski definition) is 8. The third-order valence-corrected chi connectivity index (χ3v) is 9.46. The van der Waals surface area contributed by atoms with Gasteiger partial charge in [-0.15, -0.1) is 11.3 Å². The zero-order chi connectivity index (χ0) is 24.3. The molecular weight excluding hydrogens is 518 g/mol. The number of aryl methyl sites for hydroxylation is 1. The molecule has 0 radical (unpaired) electrons. The van der Waals surface area contributed by atoms with Gasteiger partial charge in [0.2, 0.25) is 5.91 Å². The van der Waals surface area contributed by atoms with E-state index in [0.29, 0.717) is 39.7 Å². The third kappa shape index (κ3) is 5.95. The second kappa shape index (κ2) is 10.7. The second-order valence-electron chi connectivity index (χ2n) is 8.15. The predicted molar refractivity (Wildman–Crippen MR) is 134 cm³/mol. The van der Waals surface area contributed by atoms with Crippen LogP contribution in [-0.4, -0.2) is 37.1 Å². The molecule has 1 atom stereocenters. The number of carbonyl (C=O) groups is 1. The summed E-state index contributed by atoms with van der Waals surface area (Å²) >= 11 is 8.41. The van der Waals surface area contributed by atoms with Crippen LogP contribution in [0.4, 0.5) is 5.13 Å². The van der Waals surface area contributed by atoms with Gasteiger partial charge in [-0.25, -0.2) is 13.4 Å². The second-order valence-corrected chi connectivity index (χ2v) is 12.8. The molecule has 1 amide bonds. The lowest BCUT2D eigenvalue weighted by Crippen LogP contribution is -2.36. The van der Waals surface area contributed by atoms with Crippen molar-refractivity contribution in [2.24, 2.45) is 5.92 Å². The van der Waals surface area contributed by atoms with Crippen molar-refractivity contribution < 1.29 is 17.9 Å². The number of aromatic nitrogens is 2. The van der Waals surface area contributed by atoms with E-state index in [0.717, 1.165) is 30.2 Å². The molecule has 1 fully saturated rings. The van der Waals surface area contributed by atoms with Crippen LogP contribution in [0.15, 0.2) is 45.5 Å². The highest BCUT2D eigenvalue weighted by molar-refractivity contribution is 7.90. The Hall–Kier alpha value is -2.05. The smallest absolute Gasteiger partial charge is 0.252 e. The van der Waals surface area contributed by atoms with Crippen LogP contribution in [0.3, 0.4) is 0 Å². The molecule has 1 N–H and O–H groups in total. The summed E-state index contributed by atoms with van der Waals surface area (Å²) in [6.45, 7) is 2.86. The number of thiophene rings is 1. The van der Waals surface area contributed by atoms with Gasteiger partial charge in [0, 0.05) is 29.9 Å². The van der Waals surface area contributed by atoms with Crippen molar-refractivity contribution in [2.75, 3.05) is 18.5 Å².